The third-order valence-electron chi connectivity index (χ3n) is 2.92. The number of nitrogens with one attached hydrogen (secondary N) is 1. The Labute approximate surface area is 132 Å². The summed E-state index contributed by atoms with van der Waals surface area (Å²) in [5, 5.41) is 11.6. The third kappa shape index (κ3) is 5.17. The molecule has 0 saturated heterocycles. The fourth-order valence-electron chi connectivity index (χ4n) is 1.81. The van der Waals surface area contributed by atoms with E-state index in [1.54, 1.807) is 6.08 Å². The monoisotopic (exact) mass is 345 g/mol. The minimum atomic E-state index is -0.173. The van der Waals surface area contributed by atoms with Crippen molar-refractivity contribution < 1.29 is 9.90 Å². The molecular formula is C17H16BrNO2. The predicted molar refractivity (Wildman–Crippen MR) is 89.0 cm³/mol. The lowest BCUT2D eigenvalue weighted by atomic mass is 10.1. The molecule has 0 radical (unpaired) electrons. The lowest BCUT2D eigenvalue weighted by Crippen LogP contribution is -2.07. The highest BCUT2D eigenvalue weighted by Gasteiger charge is 1.98. The Balaban J connectivity index is 1.93. The van der Waals surface area contributed by atoms with E-state index < -0.39 is 0 Å². The van der Waals surface area contributed by atoms with Crippen molar-refractivity contribution in [1.29, 1.82) is 0 Å². The van der Waals surface area contributed by atoms with Gasteiger partial charge in [-0.15, -0.1) is 0 Å². The molecule has 2 N–H and O–H groups in total. The van der Waals surface area contributed by atoms with Gasteiger partial charge in [0.1, 0.15) is 0 Å². The van der Waals surface area contributed by atoms with Crippen molar-refractivity contribution in [3.63, 3.8) is 0 Å². The Morgan fingerprint density at radius 3 is 2.38 bits per heavy atom. The zero-order valence-corrected chi connectivity index (χ0v) is 13.0. The standard InChI is InChI=1S/C17H16BrNO2/c18-15-6-1-13(2-7-15)5-10-17(21)19-16-8-3-14(4-9-16)11-12-20/h1-10,20H,11-12H2,(H,19,21). The van der Waals surface area contributed by atoms with Crippen molar-refractivity contribution in [2.24, 2.45) is 0 Å². The minimum absolute atomic E-state index is 0.127. The average molecular weight is 346 g/mol. The molecule has 0 aliphatic carbocycles. The van der Waals surface area contributed by atoms with Gasteiger partial charge in [-0.25, -0.2) is 0 Å². The summed E-state index contributed by atoms with van der Waals surface area (Å²) in [6, 6.07) is 15.2. The molecule has 0 heterocycles. The van der Waals surface area contributed by atoms with Gasteiger partial charge in [-0.1, -0.05) is 40.2 Å². The van der Waals surface area contributed by atoms with E-state index >= 15 is 0 Å². The SMILES string of the molecule is O=C(C=Cc1ccc(Br)cc1)Nc1ccc(CCO)cc1. The number of aliphatic hydroxyl groups is 1. The van der Waals surface area contributed by atoms with Crippen LogP contribution in [-0.4, -0.2) is 17.6 Å². The predicted octanol–water partition coefficient (Wildman–Crippen LogP) is 3.64. The van der Waals surface area contributed by atoms with Gasteiger partial charge >= 0.3 is 0 Å². The molecule has 0 bridgehead atoms. The first-order chi connectivity index (χ1) is 10.2. The van der Waals surface area contributed by atoms with Crippen LogP contribution in [0.15, 0.2) is 59.1 Å². The van der Waals surface area contributed by atoms with Crippen LogP contribution in [0.1, 0.15) is 11.1 Å². The molecule has 108 valence electrons. The zero-order chi connectivity index (χ0) is 15.1. The van der Waals surface area contributed by atoms with Crippen molar-refractivity contribution in [3.8, 4) is 0 Å². The Morgan fingerprint density at radius 2 is 1.76 bits per heavy atom. The van der Waals surface area contributed by atoms with Crippen molar-refractivity contribution in [2.45, 2.75) is 6.42 Å². The molecule has 0 aliphatic rings. The van der Waals surface area contributed by atoms with E-state index in [2.05, 4.69) is 21.2 Å². The quantitative estimate of drug-likeness (QED) is 0.813. The maximum atomic E-state index is 11.8. The van der Waals surface area contributed by atoms with Crippen molar-refractivity contribution in [2.75, 3.05) is 11.9 Å². The molecule has 3 nitrogen and oxygen atoms in total. The van der Waals surface area contributed by atoms with Crippen LogP contribution in [0, 0.1) is 0 Å². The molecule has 0 saturated carbocycles. The number of carbonyl (C=O) groups excluding carboxylic acids is 1. The van der Waals surface area contributed by atoms with Crippen LogP contribution >= 0.6 is 15.9 Å². The van der Waals surface area contributed by atoms with E-state index in [4.69, 9.17) is 5.11 Å². The first-order valence-corrected chi connectivity index (χ1v) is 7.41. The van der Waals surface area contributed by atoms with Gasteiger partial charge in [0.25, 0.3) is 0 Å². The van der Waals surface area contributed by atoms with Crippen LogP contribution in [0.5, 0.6) is 0 Å². The lowest BCUT2D eigenvalue weighted by molar-refractivity contribution is -0.111. The number of hydrogen-bond donors (Lipinski definition) is 2. The second-order valence-electron chi connectivity index (χ2n) is 4.54. The first-order valence-electron chi connectivity index (χ1n) is 6.62. The fourth-order valence-corrected chi connectivity index (χ4v) is 2.08. The molecule has 0 aromatic heterocycles. The molecule has 2 aromatic carbocycles. The number of anilines is 1. The summed E-state index contributed by atoms with van der Waals surface area (Å²) in [6.07, 6.45) is 3.89. The van der Waals surface area contributed by atoms with E-state index in [-0.39, 0.29) is 12.5 Å². The minimum Gasteiger partial charge on any atom is -0.396 e. The van der Waals surface area contributed by atoms with Crippen LogP contribution in [0.25, 0.3) is 6.08 Å². The molecule has 0 aliphatic heterocycles. The van der Waals surface area contributed by atoms with Crippen LogP contribution in [0.2, 0.25) is 0 Å². The Morgan fingerprint density at radius 1 is 1.10 bits per heavy atom. The highest BCUT2D eigenvalue weighted by atomic mass is 79.9. The van der Waals surface area contributed by atoms with Gasteiger partial charge in [0.05, 0.1) is 0 Å². The van der Waals surface area contributed by atoms with Gasteiger partial charge in [-0.3, -0.25) is 4.79 Å². The number of halogens is 1. The number of carbonyl (C=O) groups is 1. The Hall–Kier alpha value is -1.91. The van der Waals surface area contributed by atoms with Gasteiger partial charge < -0.3 is 10.4 Å². The van der Waals surface area contributed by atoms with Crippen molar-refractivity contribution in [3.05, 3.63) is 70.2 Å². The van der Waals surface area contributed by atoms with Gasteiger partial charge in [-0.05, 0) is 47.9 Å². The molecule has 2 rings (SSSR count). The highest BCUT2D eigenvalue weighted by Crippen LogP contribution is 2.12. The maximum Gasteiger partial charge on any atom is 0.248 e. The highest BCUT2D eigenvalue weighted by molar-refractivity contribution is 9.10. The van der Waals surface area contributed by atoms with Crippen molar-refractivity contribution >= 4 is 33.6 Å². The summed E-state index contributed by atoms with van der Waals surface area (Å²) in [4.78, 5) is 11.8. The second-order valence-corrected chi connectivity index (χ2v) is 5.46. The summed E-state index contributed by atoms with van der Waals surface area (Å²) in [5.74, 6) is -0.173. The van der Waals surface area contributed by atoms with E-state index in [0.29, 0.717) is 6.42 Å². The lowest BCUT2D eigenvalue weighted by Gasteiger charge is -2.03. The van der Waals surface area contributed by atoms with Crippen molar-refractivity contribution in [1.82, 2.24) is 0 Å². The summed E-state index contributed by atoms with van der Waals surface area (Å²) in [5.41, 5.74) is 2.75. The van der Waals surface area contributed by atoms with E-state index in [9.17, 15) is 4.79 Å². The van der Waals surface area contributed by atoms with Gasteiger partial charge in [0.15, 0.2) is 0 Å². The number of benzene rings is 2. The molecule has 21 heavy (non-hydrogen) atoms. The molecule has 0 spiro atoms. The molecular weight excluding hydrogens is 330 g/mol. The number of hydrogen-bond acceptors (Lipinski definition) is 2. The summed E-state index contributed by atoms with van der Waals surface area (Å²) in [7, 11) is 0. The molecule has 0 atom stereocenters. The Bertz CT molecular complexity index is 618. The molecule has 1 amide bonds. The van der Waals surface area contributed by atoms with Crippen LogP contribution in [-0.2, 0) is 11.2 Å². The second kappa shape index (κ2) is 7.76. The molecule has 2 aromatic rings. The maximum absolute atomic E-state index is 11.8. The van der Waals surface area contributed by atoms with Gasteiger partial charge in [0.2, 0.25) is 5.91 Å². The van der Waals surface area contributed by atoms with E-state index in [0.717, 1.165) is 21.3 Å². The van der Waals surface area contributed by atoms with E-state index in [1.807, 2.05) is 48.5 Å². The topological polar surface area (TPSA) is 49.3 Å². The molecule has 0 unspecified atom stereocenters. The summed E-state index contributed by atoms with van der Waals surface area (Å²) < 4.78 is 1.01. The van der Waals surface area contributed by atoms with Gasteiger partial charge in [0, 0.05) is 22.8 Å². The average Bonchev–Trinajstić information content (AvgIpc) is 2.49. The van der Waals surface area contributed by atoms with Gasteiger partial charge in [-0.2, -0.15) is 0 Å². The zero-order valence-electron chi connectivity index (χ0n) is 11.4. The number of aliphatic hydroxyl groups excluding tert-OH is 1. The molecule has 0 fully saturated rings. The fraction of sp³-hybridized carbons (Fsp3) is 0.118. The normalized spacial score (nSPS) is 10.8. The smallest absolute Gasteiger partial charge is 0.248 e. The number of amides is 1. The summed E-state index contributed by atoms with van der Waals surface area (Å²) >= 11 is 3.37. The largest absolute Gasteiger partial charge is 0.396 e. The van der Waals surface area contributed by atoms with Crippen LogP contribution in [0.3, 0.4) is 0 Å². The van der Waals surface area contributed by atoms with E-state index in [1.165, 1.54) is 6.08 Å². The summed E-state index contributed by atoms with van der Waals surface area (Å²) in [6.45, 7) is 0.127. The van der Waals surface area contributed by atoms with Crippen LogP contribution < -0.4 is 5.32 Å². The third-order valence-corrected chi connectivity index (χ3v) is 3.45. The number of rotatable bonds is 5. The Kier molecular flexibility index (Phi) is 5.72. The van der Waals surface area contributed by atoms with Crippen LogP contribution in [0.4, 0.5) is 5.69 Å². The molecule has 4 heteroatoms. The first kappa shape index (κ1) is 15.5.